The van der Waals surface area contributed by atoms with Crippen LogP contribution < -0.4 is 5.32 Å². The van der Waals surface area contributed by atoms with Crippen LogP contribution in [0.2, 0.25) is 0 Å². The van der Waals surface area contributed by atoms with E-state index in [0.717, 1.165) is 19.6 Å². The summed E-state index contributed by atoms with van der Waals surface area (Å²) in [5.41, 5.74) is 0.519. The molecule has 1 aliphatic heterocycles. The number of ether oxygens (including phenoxy) is 1. The highest BCUT2D eigenvalue weighted by Crippen LogP contribution is 2.37. The molecule has 0 aromatic heterocycles. The van der Waals surface area contributed by atoms with Gasteiger partial charge in [-0.1, -0.05) is 26.2 Å². The molecule has 0 bridgehead atoms. The SMILES string of the molecule is CCNCC1(CN2CC(C)OC(C)C2)CCCCC1. The summed E-state index contributed by atoms with van der Waals surface area (Å²) in [5.74, 6) is 0. The van der Waals surface area contributed by atoms with Crippen molar-refractivity contribution in [2.75, 3.05) is 32.7 Å². The van der Waals surface area contributed by atoms with Crippen molar-refractivity contribution in [3.63, 3.8) is 0 Å². The molecule has 2 rings (SSSR count). The molecule has 1 N–H and O–H groups in total. The van der Waals surface area contributed by atoms with E-state index in [1.54, 1.807) is 0 Å². The monoisotopic (exact) mass is 268 g/mol. The molecule has 0 spiro atoms. The van der Waals surface area contributed by atoms with Crippen molar-refractivity contribution in [1.82, 2.24) is 10.2 Å². The molecule has 3 nitrogen and oxygen atoms in total. The lowest BCUT2D eigenvalue weighted by atomic mass is 9.73. The van der Waals surface area contributed by atoms with E-state index in [4.69, 9.17) is 4.74 Å². The first-order valence-electron chi connectivity index (χ1n) is 8.22. The standard InChI is InChI=1S/C16H32N2O/c1-4-17-12-16(8-6-5-7-9-16)13-18-10-14(2)19-15(3)11-18/h14-15,17H,4-13H2,1-3H3. The highest BCUT2D eigenvalue weighted by atomic mass is 16.5. The van der Waals surface area contributed by atoms with Gasteiger partial charge >= 0.3 is 0 Å². The largest absolute Gasteiger partial charge is 0.373 e. The number of rotatable bonds is 5. The minimum Gasteiger partial charge on any atom is -0.373 e. The zero-order valence-corrected chi connectivity index (χ0v) is 13.1. The molecule has 0 radical (unpaired) electrons. The van der Waals surface area contributed by atoms with E-state index in [2.05, 4.69) is 31.0 Å². The number of hydrogen-bond acceptors (Lipinski definition) is 3. The van der Waals surface area contributed by atoms with Crippen LogP contribution in [0.5, 0.6) is 0 Å². The molecule has 2 fully saturated rings. The average Bonchev–Trinajstić information content (AvgIpc) is 2.36. The van der Waals surface area contributed by atoms with Gasteiger partial charge in [0.2, 0.25) is 0 Å². The fourth-order valence-electron chi connectivity index (χ4n) is 3.97. The van der Waals surface area contributed by atoms with E-state index in [-0.39, 0.29) is 0 Å². The van der Waals surface area contributed by atoms with Crippen molar-refractivity contribution in [2.45, 2.75) is 65.1 Å². The van der Waals surface area contributed by atoms with Crippen LogP contribution in [0, 0.1) is 5.41 Å². The second-order valence-corrected chi connectivity index (χ2v) is 6.79. The normalized spacial score (nSPS) is 32.4. The number of nitrogens with zero attached hydrogens (tertiary/aromatic N) is 1. The van der Waals surface area contributed by atoms with Crippen LogP contribution in [0.3, 0.4) is 0 Å². The van der Waals surface area contributed by atoms with Crippen molar-refractivity contribution < 1.29 is 4.74 Å². The van der Waals surface area contributed by atoms with Gasteiger partial charge in [0.05, 0.1) is 12.2 Å². The van der Waals surface area contributed by atoms with Gasteiger partial charge in [-0.25, -0.2) is 0 Å². The summed E-state index contributed by atoms with van der Waals surface area (Å²) in [6.45, 7) is 12.4. The average molecular weight is 268 g/mol. The first kappa shape index (κ1) is 15.3. The van der Waals surface area contributed by atoms with Gasteiger partial charge in [0.25, 0.3) is 0 Å². The molecule has 1 saturated heterocycles. The number of hydrogen-bond donors (Lipinski definition) is 1. The Morgan fingerprint density at radius 1 is 1.11 bits per heavy atom. The van der Waals surface area contributed by atoms with E-state index in [1.165, 1.54) is 45.2 Å². The summed E-state index contributed by atoms with van der Waals surface area (Å²) in [6.07, 6.45) is 7.86. The Bertz CT molecular complexity index is 253. The van der Waals surface area contributed by atoms with Crippen molar-refractivity contribution in [2.24, 2.45) is 5.41 Å². The van der Waals surface area contributed by atoms with Gasteiger partial charge in [-0.05, 0) is 38.6 Å². The van der Waals surface area contributed by atoms with Crippen LogP contribution in [0.25, 0.3) is 0 Å². The molecule has 112 valence electrons. The minimum absolute atomic E-state index is 0.392. The topological polar surface area (TPSA) is 24.5 Å². The van der Waals surface area contributed by atoms with Gasteiger partial charge in [-0.2, -0.15) is 0 Å². The van der Waals surface area contributed by atoms with E-state index in [1.807, 2.05) is 0 Å². The van der Waals surface area contributed by atoms with Gasteiger partial charge in [0, 0.05) is 26.2 Å². The molecular formula is C16H32N2O. The van der Waals surface area contributed by atoms with E-state index in [0.29, 0.717) is 17.6 Å². The van der Waals surface area contributed by atoms with Gasteiger partial charge in [0.1, 0.15) is 0 Å². The second kappa shape index (κ2) is 7.05. The Hall–Kier alpha value is -0.120. The molecule has 0 aromatic rings. The molecule has 2 unspecified atom stereocenters. The summed E-state index contributed by atoms with van der Waals surface area (Å²) in [6, 6.07) is 0. The van der Waals surface area contributed by atoms with E-state index < -0.39 is 0 Å². The fourth-order valence-corrected chi connectivity index (χ4v) is 3.97. The van der Waals surface area contributed by atoms with Crippen molar-refractivity contribution >= 4 is 0 Å². The van der Waals surface area contributed by atoms with Crippen LogP contribution in [-0.4, -0.2) is 49.8 Å². The summed E-state index contributed by atoms with van der Waals surface area (Å²) in [5, 5.41) is 3.61. The van der Waals surface area contributed by atoms with Crippen LogP contribution >= 0.6 is 0 Å². The Labute approximate surface area is 119 Å². The summed E-state index contributed by atoms with van der Waals surface area (Å²) >= 11 is 0. The zero-order chi connectivity index (χ0) is 13.7. The van der Waals surface area contributed by atoms with E-state index in [9.17, 15) is 0 Å². The van der Waals surface area contributed by atoms with Crippen LogP contribution in [0.4, 0.5) is 0 Å². The molecule has 19 heavy (non-hydrogen) atoms. The Balaban J connectivity index is 1.94. The van der Waals surface area contributed by atoms with Crippen molar-refractivity contribution in [3.05, 3.63) is 0 Å². The maximum absolute atomic E-state index is 5.86. The maximum atomic E-state index is 5.86. The first-order valence-corrected chi connectivity index (χ1v) is 8.22. The Morgan fingerprint density at radius 3 is 2.32 bits per heavy atom. The first-order chi connectivity index (χ1) is 9.13. The van der Waals surface area contributed by atoms with Crippen LogP contribution in [0.15, 0.2) is 0 Å². The summed E-state index contributed by atoms with van der Waals surface area (Å²) in [4.78, 5) is 2.65. The number of nitrogens with one attached hydrogen (secondary N) is 1. The lowest BCUT2D eigenvalue weighted by molar-refractivity contribution is -0.0803. The summed E-state index contributed by atoms with van der Waals surface area (Å²) < 4.78 is 5.86. The molecule has 0 amide bonds. The molecule has 1 heterocycles. The fraction of sp³-hybridized carbons (Fsp3) is 1.00. The second-order valence-electron chi connectivity index (χ2n) is 6.79. The van der Waals surface area contributed by atoms with Crippen molar-refractivity contribution in [1.29, 1.82) is 0 Å². The predicted molar refractivity (Wildman–Crippen MR) is 80.5 cm³/mol. The smallest absolute Gasteiger partial charge is 0.0678 e. The van der Waals surface area contributed by atoms with Crippen LogP contribution in [-0.2, 0) is 4.74 Å². The molecule has 2 atom stereocenters. The molecular weight excluding hydrogens is 236 g/mol. The van der Waals surface area contributed by atoms with Crippen LogP contribution in [0.1, 0.15) is 52.9 Å². The van der Waals surface area contributed by atoms with Gasteiger partial charge in [-0.15, -0.1) is 0 Å². The third-order valence-corrected chi connectivity index (χ3v) is 4.72. The van der Waals surface area contributed by atoms with E-state index >= 15 is 0 Å². The third kappa shape index (κ3) is 4.44. The molecule has 3 heteroatoms. The van der Waals surface area contributed by atoms with Gasteiger partial charge < -0.3 is 10.1 Å². The quantitative estimate of drug-likeness (QED) is 0.829. The van der Waals surface area contributed by atoms with Gasteiger partial charge in [0.15, 0.2) is 0 Å². The molecule has 2 aliphatic rings. The maximum Gasteiger partial charge on any atom is 0.0678 e. The lowest BCUT2D eigenvalue weighted by Gasteiger charge is -2.44. The summed E-state index contributed by atoms with van der Waals surface area (Å²) in [7, 11) is 0. The zero-order valence-electron chi connectivity index (χ0n) is 13.1. The Kier molecular flexibility index (Phi) is 5.67. The molecule has 1 aliphatic carbocycles. The third-order valence-electron chi connectivity index (χ3n) is 4.72. The highest BCUT2D eigenvalue weighted by Gasteiger charge is 2.35. The van der Waals surface area contributed by atoms with Gasteiger partial charge in [-0.3, -0.25) is 4.90 Å². The molecule has 1 saturated carbocycles. The number of morpholine rings is 1. The lowest BCUT2D eigenvalue weighted by Crippen LogP contribution is -2.52. The molecule has 0 aromatic carbocycles. The highest BCUT2D eigenvalue weighted by molar-refractivity contribution is 4.89. The Morgan fingerprint density at radius 2 is 1.74 bits per heavy atom. The predicted octanol–water partition coefficient (Wildman–Crippen LogP) is 2.66. The minimum atomic E-state index is 0.392. The van der Waals surface area contributed by atoms with Crippen molar-refractivity contribution in [3.8, 4) is 0 Å².